The van der Waals surface area contributed by atoms with Gasteiger partial charge in [0.15, 0.2) is 0 Å². The summed E-state index contributed by atoms with van der Waals surface area (Å²) in [6.07, 6.45) is 9.23. The van der Waals surface area contributed by atoms with E-state index < -0.39 is 0 Å². The molecule has 0 unspecified atom stereocenters. The summed E-state index contributed by atoms with van der Waals surface area (Å²) in [5.41, 5.74) is 3.99. The number of fused-ring (bicyclic) bond motifs is 3. The molecule has 4 rings (SSSR count). The highest BCUT2D eigenvalue weighted by atomic mass is 16.5. The molecule has 1 saturated heterocycles. The fraction of sp³-hybridized carbons (Fsp3) is 0.667. The first-order valence-electron chi connectivity index (χ1n) is 9.80. The Labute approximate surface area is 150 Å². The molecule has 1 N–H and O–H groups in total. The quantitative estimate of drug-likeness (QED) is 0.796. The van der Waals surface area contributed by atoms with Gasteiger partial charge in [0.2, 0.25) is 0 Å². The van der Waals surface area contributed by atoms with E-state index in [9.17, 15) is 4.79 Å². The van der Waals surface area contributed by atoms with E-state index in [1.54, 1.807) is 0 Å². The summed E-state index contributed by atoms with van der Waals surface area (Å²) in [6.45, 7) is 2.87. The molecule has 3 atom stereocenters. The second-order valence-corrected chi connectivity index (χ2v) is 7.86. The first-order chi connectivity index (χ1) is 12.2. The molecule has 4 nitrogen and oxygen atoms in total. The van der Waals surface area contributed by atoms with Gasteiger partial charge in [-0.25, -0.2) is 4.79 Å². The molecule has 0 bridgehead atoms. The van der Waals surface area contributed by atoms with Gasteiger partial charge >= 0.3 is 5.97 Å². The molecule has 1 saturated carbocycles. The Morgan fingerprint density at radius 3 is 2.72 bits per heavy atom. The molecule has 136 valence electrons. The number of hydrogen-bond acceptors (Lipinski definition) is 4. The normalized spacial score (nSPS) is 29.3. The molecule has 1 aromatic rings. The van der Waals surface area contributed by atoms with Gasteiger partial charge in [-0.15, -0.1) is 0 Å². The third-order valence-electron chi connectivity index (χ3n) is 6.51. The van der Waals surface area contributed by atoms with E-state index in [1.807, 2.05) is 13.0 Å². The monoisotopic (exact) mass is 343 g/mol. The Balaban J connectivity index is 1.73. The molecule has 3 aliphatic rings. The van der Waals surface area contributed by atoms with E-state index in [0.717, 1.165) is 30.2 Å². The number of rotatable bonds is 2. The minimum absolute atomic E-state index is 0.169. The lowest BCUT2D eigenvalue weighted by Crippen LogP contribution is -2.46. The van der Waals surface area contributed by atoms with Crippen LogP contribution in [-0.4, -0.2) is 25.7 Å². The largest absolute Gasteiger partial charge is 0.465 e. The lowest BCUT2D eigenvalue weighted by molar-refractivity contribution is -0.0458. The topological polar surface area (TPSA) is 47.6 Å². The van der Waals surface area contributed by atoms with Crippen LogP contribution in [0.15, 0.2) is 12.1 Å². The maximum atomic E-state index is 12.1. The van der Waals surface area contributed by atoms with Gasteiger partial charge in [0.05, 0.1) is 18.8 Å². The van der Waals surface area contributed by atoms with Crippen molar-refractivity contribution in [2.24, 2.45) is 11.8 Å². The number of esters is 1. The number of nitrogens with one attached hydrogen (secondary N) is 1. The predicted octanol–water partition coefficient (Wildman–Crippen LogP) is 4.62. The molecule has 2 heterocycles. The summed E-state index contributed by atoms with van der Waals surface area (Å²) in [5, 5.41) is 3.87. The Morgan fingerprint density at radius 1 is 1.16 bits per heavy atom. The average Bonchev–Trinajstić information content (AvgIpc) is 2.68. The number of benzene rings is 1. The van der Waals surface area contributed by atoms with Crippen molar-refractivity contribution < 1.29 is 14.3 Å². The van der Waals surface area contributed by atoms with Gasteiger partial charge in [-0.1, -0.05) is 25.3 Å². The second-order valence-electron chi connectivity index (χ2n) is 7.86. The van der Waals surface area contributed by atoms with Gasteiger partial charge in [-0.2, -0.15) is 0 Å². The molecule has 0 aromatic heterocycles. The fourth-order valence-electron chi connectivity index (χ4n) is 5.22. The summed E-state index contributed by atoms with van der Waals surface area (Å²) in [5.74, 6) is 1.01. The zero-order valence-electron chi connectivity index (χ0n) is 15.3. The van der Waals surface area contributed by atoms with Gasteiger partial charge < -0.3 is 14.8 Å². The molecule has 0 radical (unpaired) electrons. The molecule has 4 heteroatoms. The Morgan fingerprint density at radius 2 is 1.96 bits per heavy atom. The third kappa shape index (κ3) is 2.95. The van der Waals surface area contributed by atoms with Gasteiger partial charge in [0, 0.05) is 29.8 Å². The fourth-order valence-corrected chi connectivity index (χ4v) is 5.22. The first kappa shape index (κ1) is 16.9. The van der Waals surface area contributed by atoms with Crippen LogP contribution in [0.1, 0.15) is 72.5 Å². The molecular weight excluding hydrogens is 314 g/mol. The second kappa shape index (κ2) is 6.99. The molecule has 0 amide bonds. The lowest BCUT2D eigenvalue weighted by atomic mass is 9.71. The van der Waals surface area contributed by atoms with Crippen LogP contribution < -0.4 is 5.32 Å². The van der Waals surface area contributed by atoms with Crippen LogP contribution in [0.3, 0.4) is 0 Å². The van der Waals surface area contributed by atoms with Crippen LogP contribution >= 0.6 is 0 Å². The van der Waals surface area contributed by atoms with Crippen molar-refractivity contribution in [1.82, 2.24) is 0 Å². The summed E-state index contributed by atoms with van der Waals surface area (Å²) in [4.78, 5) is 12.1. The molecular formula is C21H29NO3. The average molecular weight is 343 g/mol. The van der Waals surface area contributed by atoms with E-state index >= 15 is 0 Å². The number of carbonyl (C=O) groups excluding carboxylic acids is 1. The number of methoxy groups -OCH3 is 1. The molecule has 1 aliphatic carbocycles. The molecule has 0 spiro atoms. The van der Waals surface area contributed by atoms with Crippen molar-refractivity contribution in [2.75, 3.05) is 19.0 Å². The molecule has 2 aliphatic heterocycles. The van der Waals surface area contributed by atoms with Gasteiger partial charge in [0.1, 0.15) is 0 Å². The number of carbonyl (C=O) groups is 1. The highest BCUT2D eigenvalue weighted by Gasteiger charge is 2.43. The Hall–Kier alpha value is -1.55. The van der Waals surface area contributed by atoms with E-state index in [-0.39, 0.29) is 12.1 Å². The maximum absolute atomic E-state index is 12.1. The summed E-state index contributed by atoms with van der Waals surface area (Å²) >= 11 is 0. The van der Waals surface area contributed by atoms with E-state index in [1.165, 1.54) is 51.2 Å². The Kier molecular flexibility index (Phi) is 4.72. The maximum Gasteiger partial charge on any atom is 0.338 e. The van der Waals surface area contributed by atoms with E-state index in [4.69, 9.17) is 9.47 Å². The molecule has 25 heavy (non-hydrogen) atoms. The van der Waals surface area contributed by atoms with Gasteiger partial charge in [0.25, 0.3) is 0 Å². The minimum atomic E-state index is -0.261. The third-order valence-corrected chi connectivity index (χ3v) is 6.51. The zero-order valence-corrected chi connectivity index (χ0v) is 15.3. The number of hydrogen-bond donors (Lipinski definition) is 1. The van der Waals surface area contributed by atoms with Crippen molar-refractivity contribution in [1.29, 1.82) is 0 Å². The van der Waals surface area contributed by atoms with Crippen LogP contribution in [0.2, 0.25) is 0 Å². The lowest BCUT2D eigenvalue weighted by Gasteiger charge is -2.47. The van der Waals surface area contributed by atoms with Crippen LogP contribution in [0.25, 0.3) is 0 Å². The number of ether oxygens (including phenoxy) is 2. The smallest absolute Gasteiger partial charge is 0.338 e. The highest BCUT2D eigenvalue weighted by molar-refractivity contribution is 5.93. The van der Waals surface area contributed by atoms with Crippen molar-refractivity contribution >= 4 is 11.7 Å². The standard InChI is InChI=1S/C21H29NO3/c1-13-15(21(23)24-2)10-11-17-18(13)22-19(14-7-4-3-5-8-14)16-9-6-12-25-20(16)17/h10-11,14,16,19-20,22H,3-9,12H2,1-2H3/t16-,19+,20-/m0/s1. The van der Waals surface area contributed by atoms with E-state index in [2.05, 4.69) is 11.4 Å². The van der Waals surface area contributed by atoms with Crippen LogP contribution in [-0.2, 0) is 9.47 Å². The van der Waals surface area contributed by atoms with Crippen LogP contribution in [0.5, 0.6) is 0 Å². The van der Waals surface area contributed by atoms with Crippen LogP contribution in [0.4, 0.5) is 5.69 Å². The number of anilines is 1. The molecule has 1 aromatic carbocycles. The first-order valence-corrected chi connectivity index (χ1v) is 9.80. The summed E-state index contributed by atoms with van der Waals surface area (Å²) in [7, 11) is 1.44. The van der Waals surface area contributed by atoms with Crippen LogP contribution in [0, 0.1) is 18.8 Å². The predicted molar refractivity (Wildman–Crippen MR) is 97.9 cm³/mol. The Bertz CT molecular complexity index is 651. The molecule has 2 fully saturated rings. The SMILES string of the molecule is COC(=O)c1ccc2c(c1C)N[C@H](C1CCCCC1)[C@@H]1CCCO[C@H]21. The summed E-state index contributed by atoms with van der Waals surface area (Å²) in [6, 6.07) is 4.43. The van der Waals surface area contributed by atoms with Gasteiger partial charge in [-0.05, 0) is 50.2 Å². The van der Waals surface area contributed by atoms with E-state index in [0.29, 0.717) is 17.5 Å². The van der Waals surface area contributed by atoms with Crippen molar-refractivity contribution in [2.45, 2.75) is 64.0 Å². The highest BCUT2D eigenvalue weighted by Crippen LogP contribution is 2.48. The summed E-state index contributed by atoms with van der Waals surface area (Å²) < 4.78 is 11.2. The zero-order chi connectivity index (χ0) is 17.4. The van der Waals surface area contributed by atoms with Gasteiger partial charge in [-0.3, -0.25) is 0 Å². The van der Waals surface area contributed by atoms with Crippen molar-refractivity contribution in [3.63, 3.8) is 0 Å². The van der Waals surface area contributed by atoms with Crippen molar-refractivity contribution in [3.8, 4) is 0 Å². The van der Waals surface area contributed by atoms with Crippen molar-refractivity contribution in [3.05, 3.63) is 28.8 Å². The minimum Gasteiger partial charge on any atom is -0.465 e.